The fraction of sp³-hybridized carbons (Fsp3) is 0.529. The van der Waals surface area contributed by atoms with Crippen molar-refractivity contribution < 1.29 is 9.59 Å². The number of carbonyl (C=O) groups excluding carboxylic acids is 2. The molecule has 0 radical (unpaired) electrons. The number of rotatable bonds is 3. The van der Waals surface area contributed by atoms with Crippen LogP contribution in [0, 0.1) is 11.8 Å². The summed E-state index contributed by atoms with van der Waals surface area (Å²) in [5, 5.41) is 0.943. The van der Waals surface area contributed by atoms with Crippen LogP contribution in [-0.2, 0) is 9.59 Å². The Labute approximate surface area is 163 Å². The predicted molar refractivity (Wildman–Crippen MR) is 103 cm³/mol. The van der Waals surface area contributed by atoms with Crippen molar-refractivity contribution in [3.63, 3.8) is 0 Å². The Hall–Kier alpha value is -1.01. The summed E-state index contributed by atoms with van der Waals surface area (Å²) in [7, 11) is 0. The van der Waals surface area contributed by atoms with Crippen molar-refractivity contribution in [3.8, 4) is 0 Å². The van der Waals surface area contributed by atoms with Gasteiger partial charge in [0.15, 0.2) is 0 Å². The van der Waals surface area contributed by atoms with Crippen molar-refractivity contribution in [1.82, 2.24) is 4.90 Å². The molecule has 8 heteroatoms. The van der Waals surface area contributed by atoms with Gasteiger partial charge in [-0.2, -0.15) is 0 Å². The van der Waals surface area contributed by atoms with E-state index >= 15 is 0 Å². The summed E-state index contributed by atoms with van der Waals surface area (Å²) in [4.78, 5) is 28.7. The van der Waals surface area contributed by atoms with Crippen LogP contribution in [0.5, 0.6) is 0 Å². The highest BCUT2D eigenvalue weighted by atomic mass is 35.5. The van der Waals surface area contributed by atoms with E-state index in [1.807, 2.05) is 11.8 Å². The molecule has 3 atom stereocenters. The lowest BCUT2D eigenvalue weighted by molar-refractivity contribution is -0.136. The highest BCUT2D eigenvalue weighted by Crippen LogP contribution is 2.32. The molecule has 0 aromatic heterocycles. The second-order valence-electron chi connectivity index (χ2n) is 6.71. The van der Waals surface area contributed by atoms with E-state index in [-0.39, 0.29) is 42.6 Å². The van der Waals surface area contributed by atoms with Gasteiger partial charge in [0.2, 0.25) is 11.8 Å². The molecule has 2 aliphatic heterocycles. The van der Waals surface area contributed by atoms with Crippen molar-refractivity contribution >= 4 is 53.1 Å². The summed E-state index contributed by atoms with van der Waals surface area (Å²) in [5.41, 5.74) is 6.38. The average Bonchev–Trinajstić information content (AvgIpc) is 3.08. The largest absolute Gasteiger partial charge is 0.339 e. The van der Waals surface area contributed by atoms with E-state index in [0.29, 0.717) is 41.3 Å². The molecule has 138 valence electrons. The van der Waals surface area contributed by atoms with Crippen LogP contribution in [0.15, 0.2) is 18.2 Å². The standard InChI is InChI=1S/C17H21Cl2N3O2.ClH/c1-10-2-11(7-20)8-21(10)17(24)12-3-16(23)22(9-12)15-5-13(18)4-14(19)6-15;/h4-6,10-12H,2-3,7-9,20H2,1H3;1H. The monoisotopic (exact) mass is 405 g/mol. The van der Waals surface area contributed by atoms with E-state index in [9.17, 15) is 9.59 Å². The quantitative estimate of drug-likeness (QED) is 0.839. The molecule has 1 aromatic carbocycles. The highest BCUT2D eigenvalue weighted by Gasteiger charge is 2.41. The molecule has 0 bridgehead atoms. The molecule has 5 nitrogen and oxygen atoms in total. The van der Waals surface area contributed by atoms with Crippen LogP contribution in [0.1, 0.15) is 19.8 Å². The van der Waals surface area contributed by atoms with E-state index < -0.39 is 0 Å². The molecule has 0 aliphatic carbocycles. The van der Waals surface area contributed by atoms with Crippen LogP contribution in [-0.4, -0.2) is 42.4 Å². The van der Waals surface area contributed by atoms with E-state index in [2.05, 4.69) is 0 Å². The Morgan fingerprint density at radius 2 is 1.88 bits per heavy atom. The van der Waals surface area contributed by atoms with Gasteiger partial charge in [0.1, 0.15) is 0 Å². The second-order valence-corrected chi connectivity index (χ2v) is 7.58. The first-order chi connectivity index (χ1) is 11.4. The van der Waals surface area contributed by atoms with Crippen molar-refractivity contribution in [2.45, 2.75) is 25.8 Å². The summed E-state index contributed by atoms with van der Waals surface area (Å²) in [5.74, 6) is -0.00513. The topological polar surface area (TPSA) is 66.6 Å². The first-order valence-electron chi connectivity index (χ1n) is 8.16. The Bertz CT molecular complexity index is 650. The molecule has 2 heterocycles. The zero-order valence-corrected chi connectivity index (χ0v) is 16.3. The molecule has 1 aromatic rings. The molecule has 0 saturated carbocycles. The van der Waals surface area contributed by atoms with Gasteiger partial charge < -0.3 is 15.5 Å². The van der Waals surface area contributed by atoms with E-state index in [1.165, 1.54) is 0 Å². The number of anilines is 1. The number of hydrogen-bond donors (Lipinski definition) is 1. The first kappa shape index (κ1) is 20.3. The second kappa shape index (κ2) is 8.12. The number of nitrogens with zero attached hydrogens (tertiary/aromatic N) is 2. The smallest absolute Gasteiger partial charge is 0.228 e. The zero-order valence-electron chi connectivity index (χ0n) is 14.0. The van der Waals surface area contributed by atoms with Crippen LogP contribution in [0.3, 0.4) is 0 Å². The number of carbonyl (C=O) groups is 2. The number of halogens is 3. The summed E-state index contributed by atoms with van der Waals surface area (Å²) in [6.07, 6.45) is 1.15. The summed E-state index contributed by atoms with van der Waals surface area (Å²) >= 11 is 12.0. The molecule has 25 heavy (non-hydrogen) atoms. The van der Waals surface area contributed by atoms with Gasteiger partial charge in [0.05, 0.1) is 5.92 Å². The molecular formula is C17H22Cl3N3O2. The maximum Gasteiger partial charge on any atom is 0.228 e. The molecule has 2 amide bonds. The number of nitrogens with two attached hydrogens (primary N) is 1. The zero-order chi connectivity index (χ0) is 17.4. The minimum Gasteiger partial charge on any atom is -0.339 e. The van der Waals surface area contributed by atoms with Crippen LogP contribution in [0.2, 0.25) is 10.0 Å². The Kier molecular flexibility index (Phi) is 6.60. The molecule has 3 rings (SSSR count). The van der Waals surface area contributed by atoms with Gasteiger partial charge in [-0.15, -0.1) is 12.4 Å². The lowest BCUT2D eigenvalue weighted by Crippen LogP contribution is -2.40. The van der Waals surface area contributed by atoms with Gasteiger partial charge in [-0.3, -0.25) is 9.59 Å². The lowest BCUT2D eigenvalue weighted by atomic mass is 10.1. The lowest BCUT2D eigenvalue weighted by Gasteiger charge is -2.25. The van der Waals surface area contributed by atoms with Crippen molar-refractivity contribution in [2.24, 2.45) is 17.6 Å². The maximum atomic E-state index is 12.8. The molecule has 2 saturated heterocycles. The fourth-order valence-corrected chi connectivity index (χ4v) is 4.19. The molecular weight excluding hydrogens is 385 g/mol. The van der Waals surface area contributed by atoms with Gasteiger partial charge in [0, 0.05) is 41.3 Å². The first-order valence-corrected chi connectivity index (χ1v) is 8.91. The number of hydrogen-bond acceptors (Lipinski definition) is 3. The van der Waals surface area contributed by atoms with Crippen LogP contribution in [0.25, 0.3) is 0 Å². The normalized spacial score (nSPS) is 26.1. The fourth-order valence-electron chi connectivity index (χ4n) is 3.67. The van der Waals surface area contributed by atoms with Crippen molar-refractivity contribution in [1.29, 1.82) is 0 Å². The third kappa shape index (κ3) is 4.22. The summed E-state index contributed by atoms with van der Waals surface area (Å²) in [6.45, 7) is 3.68. The Morgan fingerprint density at radius 3 is 2.44 bits per heavy atom. The third-order valence-corrected chi connectivity index (χ3v) is 5.35. The highest BCUT2D eigenvalue weighted by molar-refractivity contribution is 6.35. The predicted octanol–water partition coefficient (Wildman–Crippen LogP) is 2.96. The summed E-state index contributed by atoms with van der Waals surface area (Å²) < 4.78 is 0. The summed E-state index contributed by atoms with van der Waals surface area (Å²) in [6, 6.07) is 5.19. The minimum absolute atomic E-state index is 0. The molecule has 2 fully saturated rings. The Balaban J connectivity index is 0.00000225. The molecule has 0 spiro atoms. The van der Waals surface area contributed by atoms with Crippen molar-refractivity contribution in [3.05, 3.63) is 28.2 Å². The third-order valence-electron chi connectivity index (χ3n) is 4.91. The molecule has 2 N–H and O–H groups in total. The number of likely N-dealkylation sites (tertiary alicyclic amines) is 1. The Morgan fingerprint density at radius 1 is 1.24 bits per heavy atom. The maximum absolute atomic E-state index is 12.8. The van der Waals surface area contributed by atoms with Gasteiger partial charge in [-0.05, 0) is 44.0 Å². The average molecular weight is 407 g/mol. The molecule has 2 aliphatic rings. The molecule has 3 unspecified atom stereocenters. The van der Waals surface area contributed by atoms with Crippen LogP contribution in [0.4, 0.5) is 5.69 Å². The number of benzene rings is 1. The minimum atomic E-state index is -0.325. The van der Waals surface area contributed by atoms with E-state index in [1.54, 1.807) is 23.1 Å². The van der Waals surface area contributed by atoms with E-state index in [4.69, 9.17) is 28.9 Å². The number of amides is 2. The van der Waals surface area contributed by atoms with Crippen LogP contribution >= 0.6 is 35.6 Å². The van der Waals surface area contributed by atoms with Gasteiger partial charge in [-0.1, -0.05) is 23.2 Å². The van der Waals surface area contributed by atoms with Crippen molar-refractivity contribution in [2.75, 3.05) is 24.5 Å². The van der Waals surface area contributed by atoms with Gasteiger partial charge >= 0.3 is 0 Å². The van der Waals surface area contributed by atoms with Gasteiger partial charge in [-0.25, -0.2) is 0 Å². The van der Waals surface area contributed by atoms with Gasteiger partial charge in [0.25, 0.3) is 0 Å². The van der Waals surface area contributed by atoms with E-state index in [0.717, 1.165) is 6.42 Å². The SMILES string of the molecule is CC1CC(CN)CN1C(=O)C1CC(=O)N(c2cc(Cl)cc(Cl)c2)C1.Cl. The van der Waals surface area contributed by atoms with Crippen LogP contribution < -0.4 is 10.6 Å².